The number of hydrogen-bond acceptors (Lipinski definition) is 4. The number of morpholine rings is 1. The molecule has 1 saturated heterocycles. The third kappa shape index (κ3) is 3.93. The Morgan fingerprint density at radius 2 is 2.33 bits per heavy atom. The second-order valence-electron chi connectivity index (χ2n) is 5.29. The minimum absolute atomic E-state index is 0.391. The van der Waals surface area contributed by atoms with Crippen molar-refractivity contribution in [3.63, 3.8) is 0 Å². The average molecular weight is 256 g/mol. The van der Waals surface area contributed by atoms with Crippen molar-refractivity contribution < 1.29 is 14.6 Å². The van der Waals surface area contributed by atoms with Crippen molar-refractivity contribution in [3.05, 3.63) is 0 Å². The summed E-state index contributed by atoms with van der Waals surface area (Å²) in [4.78, 5) is 13.5. The molecule has 0 aromatic carbocycles. The summed E-state index contributed by atoms with van der Waals surface area (Å²) in [5, 5.41) is 12.4. The van der Waals surface area contributed by atoms with Gasteiger partial charge in [0.2, 0.25) is 0 Å². The number of carboxylic acid groups (broad SMARTS) is 1. The van der Waals surface area contributed by atoms with Gasteiger partial charge < -0.3 is 15.2 Å². The maximum atomic E-state index is 11.2. The summed E-state index contributed by atoms with van der Waals surface area (Å²) >= 11 is 0. The Hall–Kier alpha value is -0.650. The van der Waals surface area contributed by atoms with Gasteiger partial charge in [-0.3, -0.25) is 9.69 Å². The standard InChI is InChI=1S/C13H24N2O3/c1-2-11-9-18-8-7-15(11)6-5-12(13(16)17)14-10-3-4-10/h10-12,14H,2-9H2,1H3,(H,16,17). The van der Waals surface area contributed by atoms with Crippen molar-refractivity contribution in [2.45, 2.75) is 50.7 Å². The van der Waals surface area contributed by atoms with Crippen molar-refractivity contribution in [1.82, 2.24) is 10.2 Å². The van der Waals surface area contributed by atoms with E-state index in [9.17, 15) is 9.90 Å². The zero-order valence-electron chi connectivity index (χ0n) is 11.1. The molecule has 1 aliphatic carbocycles. The Labute approximate surface area is 108 Å². The van der Waals surface area contributed by atoms with Gasteiger partial charge in [-0.15, -0.1) is 0 Å². The highest BCUT2D eigenvalue weighted by Crippen LogP contribution is 2.20. The lowest BCUT2D eigenvalue weighted by atomic mass is 10.1. The number of nitrogens with zero attached hydrogens (tertiary/aromatic N) is 1. The number of hydrogen-bond donors (Lipinski definition) is 2. The molecule has 2 unspecified atom stereocenters. The van der Waals surface area contributed by atoms with Crippen molar-refractivity contribution in [1.29, 1.82) is 0 Å². The number of aliphatic carboxylic acids is 1. The zero-order chi connectivity index (χ0) is 13.0. The summed E-state index contributed by atoms with van der Waals surface area (Å²) in [7, 11) is 0. The molecule has 1 saturated carbocycles. The summed E-state index contributed by atoms with van der Waals surface area (Å²) in [6, 6.07) is 0.504. The van der Waals surface area contributed by atoms with Crippen LogP contribution in [0, 0.1) is 0 Å². The predicted octanol–water partition coefficient (Wildman–Crippen LogP) is 0.693. The van der Waals surface area contributed by atoms with Crippen LogP contribution in [0.1, 0.15) is 32.6 Å². The number of carbonyl (C=O) groups is 1. The highest BCUT2D eigenvalue weighted by molar-refractivity contribution is 5.73. The smallest absolute Gasteiger partial charge is 0.320 e. The highest BCUT2D eigenvalue weighted by Gasteiger charge is 2.29. The van der Waals surface area contributed by atoms with Crippen molar-refractivity contribution in [2.75, 3.05) is 26.3 Å². The van der Waals surface area contributed by atoms with Crippen LogP contribution < -0.4 is 5.32 Å². The van der Waals surface area contributed by atoms with Gasteiger partial charge in [0.25, 0.3) is 0 Å². The first-order chi connectivity index (χ1) is 8.70. The van der Waals surface area contributed by atoms with Gasteiger partial charge in [0.1, 0.15) is 6.04 Å². The maximum Gasteiger partial charge on any atom is 0.320 e. The summed E-state index contributed by atoms with van der Waals surface area (Å²) in [6.45, 7) is 5.48. The van der Waals surface area contributed by atoms with Gasteiger partial charge >= 0.3 is 5.97 Å². The van der Waals surface area contributed by atoms with Crippen molar-refractivity contribution in [2.24, 2.45) is 0 Å². The van der Waals surface area contributed by atoms with Crippen LogP contribution in [0.15, 0.2) is 0 Å². The minimum Gasteiger partial charge on any atom is -0.480 e. The number of nitrogens with one attached hydrogen (secondary N) is 1. The molecule has 1 aliphatic heterocycles. The lowest BCUT2D eigenvalue weighted by Crippen LogP contribution is -2.48. The Kier molecular flexibility index (Phi) is 4.97. The van der Waals surface area contributed by atoms with E-state index in [-0.39, 0.29) is 0 Å². The Morgan fingerprint density at radius 3 is 2.94 bits per heavy atom. The quantitative estimate of drug-likeness (QED) is 0.702. The molecular weight excluding hydrogens is 232 g/mol. The molecule has 5 nitrogen and oxygen atoms in total. The first-order valence-corrected chi connectivity index (χ1v) is 7.01. The molecular formula is C13H24N2O3. The zero-order valence-corrected chi connectivity index (χ0v) is 11.1. The first kappa shape index (κ1) is 13.8. The number of ether oxygens (including phenoxy) is 1. The fourth-order valence-corrected chi connectivity index (χ4v) is 2.47. The minimum atomic E-state index is -0.719. The van der Waals surface area contributed by atoms with E-state index in [1.54, 1.807) is 0 Å². The SMILES string of the molecule is CCC1COCCN1CCC(NC1CC1)C(=O)O. The van der Waals surface area contributed by atoms with E-state index in [0.29, 0.717) is 18.5 Å². The predicted molar refractivity (Wildman–Crippen MR) is 68.7 cm³/mol. The van der Waals surface area contributed by atoms with Crippen LogP contribution in [0.3, 0.4) is 0 Å². The molecule has 0 spiro atoms. The molecule has 0 aromatic heterocycles. The fraction of sp³-hybridized carbons (Fsp3) is 0.923. The van der Waals surface area contributed by atoms with Gasteiger partial charge in [-0.05, 0) is 25.7 Å². The molecule has 2 N–H and O–H groups in total. The third-order valence-corrected chi connectivity index (χ3v) is 3.84. The normalized spacial score (nSPS) is 27.1. The lowest BCUT2D eigenvalue weighted by Gasteiger charge is -2.35. The molecule has 104 valence electrons. The van der Waals surface area contributed by atoms with E-state index in [0.717, 1.165) is 45.6 Å². The summed E-state index contributed by atoms with van der Waals surface area (Å²) < 4.78 is 5.46. The van der Waals surface area contributed by atoms with E-state index >= 15 is 0 Å². The van der Waals surface area contributed by atoms with Crippen LogP contribution in [0.5, 0.6) is 0 Å². The molecule has 2 fully saturated rings. The van der Waals surface area contributed by atoms with Crippen LogP contribution >= 0.6 is 0 Å². The number of carboxylic acids is 1. The topological polar surface area (TPSA) is 61.8 Å². The second-order valence-corrected chi connectivity index (χ2v) is 5.29. The van der Waals surface area contributed by atoms with Crippen LogP contribution in [0.25, 0.3) is 0 Å². The van der Waals surface area contributed by atoms with Crippen LogP contribution in [0.2, 0.25) is 0 Å². The fourth-order valence-electron chi connectivity index (χ4n) is 2.47. The van der Waals surface area contributed by atoms with Crippen LogP contribution in [-0.4, -0.2) is 60.4 Å². The molecule has 18 heavy (non-hydrogen) atoms. The molecule has 0 bridgehead atoms. The first-order valence-electron chi connectivity index (χ1n) is 7.01. The van der Waals surface area contributed by atoms with E-state index in [2.05, 4.69) is 17.1 Å². The monoisotopic (exact) mass is 256 g/mol. The molecule has 5 heteroatoms. The van der Waals surface area contributed by atoms with E-state index in [4.69, 9.17) is 4.74 Å². The third-order valence-electron chi connectivity index (χ3n) is 3.84. The Morgan fingerprint density at radius 1 is 1.56 bits per heavy atom. The van der Waals surface area contributed by atoms with Gasteiger partial charge in [-0.2, -0.15) is 0 Å². The molecule has 0 aromatic rings. The van der Waals surface area contributed by atoms with Gasteiger partial charge in [-0.25, -0.2) is 0 Å². The lowest BCUT2D eigenvalue weighted by molar-refractivity contribution is -0.140. The highest BCUT2D eigenvalue weighted by atomic mass is 16.5. The van der Waals surface area contributed by atoms with Gasteiger partial charge in [0.15, 0.2) is 0 Å². The van der Waals surface area contributed by atoms with E-state index in [1.807, 2.05) is 0 Å². The largest absolute Gasteiger partial charge is 0.480 e. The van der Waals surface area contributed by atoms with Crippen molar-refractivity contribution >= 4 is 5.97 Å². The molecule has 2 atom stereocenters. The Bertz CT molecular complexity index is 281. The molecule has 2 rings (SSSR count). The van der Waals surface area contributed by atoms with Crippen LogP contribution in [0.4, 0.5) is 0 Å². The maximum absolute atomic E-state index is 11.2. The molecule has 0 radical (unpaired) electrons. The molecule has 1 heterocycles. The molecule has 2 aliphatic rings. The summed E-state index contributed by atoms with van der Waals surface area (Å²) in [5.74, 6) is -0.719. The van der Waals surface area contributed by atoms with E-state index < -0.39 is 12.0 Å². The summed E-state index contributed by atoms with van der Waals surface area (Å²) in [6.07, 6.45) is 3.99. The summed E-state index contributed by atoms with van der Waals surface area (Å²) in [5.41, 5.74) is 0. The van der Waals surface area contributed by atoms with Gasteiger partial charge in [0.05, 0.1) is 13.2 Å². The molecule has 0 amide bonds. The van der Waals surface area contributed by atoms with Gasteiger partial charge in [0, 0.05) is 25.2 Å². The second kappa shape index (κ2) is 6.50. The van der Waals surface area contributed by atoms with Crippen LogP contribution in [-0.2, 0) is 9.53 Å². The Balaban J connectivity index is 1.77. The van der Waals surface area contributed by atoms with Crippen molar-refractivity contribution in [3.8, 4) is 0 Å². The average Bonchev–Trinajstić information content (AvgIpc) is 3.18. The van der Waals surface area contributed by atoms with Gasteiger partial charge in [-0.1, -0.05) is 6.92 Å². The number of rotatable bonds is 7. The van der Waals surface area contributed by atoms with E-state index in [1.165, 1.54) is 0 Å².